The highest BCUT2D eigenvalue weighted by Crippen LogP contribution is 2.15. The van der Waals surface area contributed by atoms with Crippen molar-refractivity contribution in [3.05, 3.63) is 65.2 Å². The fraction of sp³-hybridized carbons (Fsp3) is 0.318. The molecule has 2 aromatic carbocycles. The summed E-state index contributed by atoms with van der Waals surface area (Å²) in [5.41, 5.74) is 2.78. The summed E-state index contributed by atoms with van der Waals surface area (Å²) in [5.74, 6) is -2.25. The Morgan fingerprint density at radius 1 is 1.03 bits per heavy atom. The zero-order valence-electron chi connectivity index (χ0n) is 18.2. The Bertz CT molecular complexity index is 1130. The Balaban J connectivity index is 0.00000408. The second-order valence-electron chi connectivity index (χ2n) is 7.55. The number of rotatable bonds is 10. The third-order valence-electron chi connectivity index (χ3n) is 5.15. The molecule has 0 saturated carbocycles. The molecule has 12 heteroatoms. The first-order valence-electron chi connectivity index (χ1n) is 10.4. The van der Waals surface area contributed by atoms with Gasteiger partial charge in [0, 0.05) is 31.6 Å². The number of fused-ring (bicyclic) bond motifs is 1. The highest BCUT2D eigenvalue weighted by molar-refractivity contribution is 7.89. The van der Waals surface area contributed by atoms with Gasteiger partial charge in [0.25, 0.3) is 5.91 Å². The molecule has 0 bridgehead atoms. The minimum absolute atomic E-state index is 0. The maximum Gasteiger partial charge on any atom is 0.323 e. The summed E-state index contributed by atoms with van der Waals surface area (Å²) in [6.45, 7) is 1.22. The topological polar surface area (TPSA) is 154 Å². The van der Waals surface area contributed by atoms with Crippen molar-refractivity contribution in [2.75, 3.05) is 19.6 Å². The molecule has 34 heavy (non-hydrogen) atoms. The minimum Gasteiger partial charge on any atom is -0.480 e. The number of carbonyl (C=O) groups excluding carboxylic acids is 2. The highest BCUT2D eigenvalue weighted by atomic mass is 35.5. The van der Waals surface area contributed by atoms with Crippen molar-refractivity contribution in [2.45, 2.75) is 30.3 Å². The molecule has 0 aliphatic carbocycles. The van der Waals surface area contributed by atoms with E-state index >= 15 is 0 Å². The lowest BCUT2D eigenvalue weighted by atomic mass is 9.98. The zero-order chi connectivity index (χ0) is 23.8. The molecule has 0 spiro atoms. The number of halogens is 1. The second kappa shape index (κ2) is 12.5. The van der Waals surface area contributed by atoms with Crippen LogP contribution < -0.4 is 20.7 Å². The van der Waals surface area contributed by atoms with E-state index in [1.807, 2.05) is 12.1 Å². The number of hydrogen-bond acceptors (Lipinski definition) is 6. The Labute approximate surface area is 204 Å². The number of nitrogens with one attached hydrogen (secondary N) is 4. The van der Waals surface area contributed by atoms with Crippen LogP contribution >= 0.6 is 12.4 Å². The third-order valence-corrected chi connectivity index (χ3v) is 6.63. The van der Waals surface area contributed by atoms with Gasteiger partial charge in [-0.3, -0.25) is 14.4 Å². The lowest BCUT2D eigenvalue weighted by molar-refractivity contribution is -0.138. The molecule has 1 atom stereocenters. The predicted octanol–water partition coefficient (Wildman–Crippen LogP) is 0.422. The molecular formula is C22H27ClN4O6S. The molecule has 1 aliphatic heterocycles. The average Bonchev–Trinajstić information content (AvgIpc) is 2.81. The van der Waals surface area contributed by atoms with Gasteiger partial charge in [-0.05, 0) is 48.4 Å². The monoisotopic (exact) mass is 510 g/mol. The average molecular weight is 511 g/mol. The third kappa shape index (κ3) is 7.52. The number of benzene rings is 2. The molecular weight excluding hydrogens is 484 g/mol. The van der Waals surface area contributed by atoms with Gasteiger partial charge in [0.1, 0.15) is 6.04 Å². The number of hydrogen-bond donors (Lipinski definition) is 5. The second-order valence-corrected chi connectivity index (χ2v) is 9.26. The molecule has 184 valence electrons. The molecule has 0 aromatic heterocycles. The fourth-order valence-electron chi connectivity index (χ4n) is 3.35. The fourth-order valence-corrected chi connectivity index (χ4v) is 4.56. The van der Waals surface area contributed by atoms with Gasteiger partial charge in [-0.2, -0.15) is 4.72 Å². The van der Waals surface area contributed by atoms with E-state index in [2.05, 4.69) is 20.7 Å². The van der Waals surface area contributed by atoms with Crippen LogP contribution in [0, 0.1) is 0 Å². The van der Waals surface area contributed by atoms with Gasteiger partial charge in [0.05, 0.1) is 4.90 Å². The van der Waals surface area contributed by atoms with Gasteiger partial charge in [0.2, 0.25) is 15.9 Å². The maximum atomic E-state index is 12.3. The largest absolute Gasteiger partial charge is 0.480 e. The van der Waals surface area contributed by atoms with Crippen molar-refractivity contribution in [1.82, 2.24) is 20.7 Å². The van der Waals surface area contributed by atoms with Gasteiger partial charge >= 0.3 is 5.97 Å². The number of amides is 2. The van der Waals surface area contributed by atoms with Crippen molar-refractivity contribution in [2.24, 2.45) is 0 Å². The predicted molar refractivity (Wildman–Crippen MR) is 127 cm³/mol. The number of carbonyl (C=O) groups is 3. The quantitative estimate of drug-likeness (QED) is 0.310. The number of sulfonamides is 1. The molecule has 5 N–H and O–H groups in total. The van der Waals surface area contributed by atoms with Crippen LogP contribution in [0.3, 0.4) is 0 Å². The van der Waals surface area contributed by atoms with Crippen LogP contribution in [0.1, 0.15) is 27.9 Å². The van der Waals surface area contributed by atoms with Crippen molar-refractivity contribution in [3.63, 3.8) is 0 Å². The molecule has 10 nitrogen and oxygen atoms in total. The SMILES string of the molecule is Cl.O=C(CCNC(=O)c1ccc2c(c1)CNCC2)NC[C@@H](NS(=O)(=O)c1ccccc1)C(=O)O. The molecule has 0 unspecified atom stereocenters. The summed E-state index contributed by atoms with van der Waals surface area (Å²) in [6.07, 6.45) is 0.826. The molecule has 0 radical (unpaired) electrons. The summed E-state index contributed by atoms with van der Waals surface area (Å²) >= 11 is 0. The maximum absolute atomic E-state index is 12.3. The van der Waals surface area contributed by atoms with Crippen LogP contribution in [0.5, 0.6) is 0 Å². The van der Waals surface area contributed by atoms with Crippen molar-refractivity contribution >= 4 is 40.2 Å². The zero-order valence-corrected chi connectivity index (χ0v) is 19.9. The van der Waals surface area contributed by atoms with E-state index in [-0.39, 0.29) is 36.2 Å². The molecule has 0 fully saturated rings. The van der Waals surface area contributed by atoms with E-state index < -0.39 is 34.5 Å². The summed E-state index contributed by atoms with van der Waals surface area (Å²) in [7, 11) is -4.06. The Morgan fingerprint density at radius 3 is 2.47 bits per heavy atom. The first kappa shape index (κ1) is 27.3. The van der Waals surface area contributed by atoms with Crippen LogP contribution in [-0.2, 0) is 32.6 Å². The highest BCUT2D eigenvalue weighted by Gasteiger charge is 2.25. The van der Waals surface area contributed by atoms with E-state index in [1.165, 1.54) is 29.8 Å². The van der Waals surface area contributed by atoms with Gasteiger partial charge in [-0.15, -0.1) is 12.4 Å². The summed E-state index contributed by atoms with van der Waals surface area (Å²) < 4.78 is 26.7. The molecule has 3 rings (SSSR count). The van der Waals surface area contributed by atoms with Crippen molar-refractivity contribution < 1.29 is 27.9 Å². The van der Waals surface area contributed by atoms with Gasteiger partial charge in [0.15, 0.2) is 0 Å². The molecule has 2 aromatic rings. The smallest absolute Gasteiger partial charge is 0.323 e. The van der Waals surface area contributed by atoms with E-state index in [0.29, 0.717) is 12.1 Å². The van der Waals surface area contributed by atoms with Gasteiger partial charge < -0.3 is 21.1 Å². The van der Waals surface area contributed by atoms with Gasteiger partial charge in [-0.25, -0.2) is 8.42 Å². The number of carboxylic acid groups (broad SMARTS) is 1. The van der Waals surface area contributed by atoms with Crippen molar-refractivity contribution in [3.8, 4) is 0 Å². The summed E-state index contributed by atoms with van der Waals surface area (Å²) in [5, 5.41) is 17.6. The minimum atomic E-state index is -4.06. The lowest BCUT2D eigenvalue weighted by Gasteiger charge is -2.17. The Morgan fingerprint density at radius 2 is 1.76 bits per heavy atom. The summed E-state index contributed by atoms with van der Waals surface area (Å²) in [4.78, 5) is 35.8. The van der Waals surface area contributed by atoms with Gasteiger partial charge in [-0.1, -0.05) is 24.3 Å². The molecule has 1 aliphatic rings. The summed E-state index contributed by atoms with van der Waals surface area (Å²) in [6, 6.07) is 11.3. The van der Waals surface area contributed by atoms with E-state index in [0.717, 1.165) is 18.5 Å². The van der Waals surface area contributed by atoms with Crippen molar-refractivity contribution in [1.29, 1.82) is 0 Å². The Kier molecular flexibility index (Phi) is 9.99. The first-order valence-corrected chi connectivity index (χ1v) is 11.9. The van der Waals surface area contributed by atoms with Crippen LogP contribution in [0.4, 0.5) is 0 Å². The van der Waals surface area contributed by atoms with E-state index in [1.54, 1.807) is 12.1 Å². The van der Waals surface area contributed by atoms with Crippen LogP contribution in [0.15, 0.2) is 53.4 Å². The van der Waals surface area contributed by atoms with E-state index in [4.69, 9.17) is 0 Å². The number of aliphatic carboxylic acids is 1. The van der Waals surface area contributed by atoms with Crippen LogP contribution in [0.25, 0.3) is 0 Å². The molecule has 1 heterocycles. The van der Waals surface area contributed by atoms with Crippen LogP contribution in [0.2, 0.25) is 0 Å². The van der Waals surface area contributed by atoms with Crippen LogP contribution in [-0.4, -0.2) is 57.0 Å². The van der Waals surface area contributed by atoms with E-state index in [9.17, 15) is 27.9 Å². The first-order chi connectivity index (χ1) is 15.8. The molecule has 0 saturated heterocycles. The lowest BCUT2D eigenvalue weighted by Crippen LogP contribution is -2.48. The Hall–Kier alpha value is -2.99. The molecule has 2 amide bonds. The number of carboxylic acids is 1. The standard InChI is InChI=1S/C22H26N4O6S.ClH/c27-20(9-11-24-21(28)16-7-6-15-8-10-23-13-17(15)12-16)25-14-19(22(29)30)26-33(31,32)18-4-2-1-3-5-18;/h1-7,12,19,23,26H,8-11,13-14H2,(H,24,28)(H,25,27)(H,29,30);1H/t19-;/m1./s1. The normalized spacial score (nSPS) is 13.6.